The molecule has 0 bridgehead atoms. The molecule has 0 unspecified atom stereocenters. The number of aryl methyl sites for hydroxylation is 1. The van der Waals surface area contributed by atoms with Crippen LogP contribution in [0, 0.1) is 6.92 Å². The zero-order valence-electron chi connectivity index (χ0n) is 22.5. The number of fused-ring (bicyclic) bond motifs is 2. The minimum atomic E-state index is 0.539. The first kappa shape index (κ1) is 24.9. The van der Waals surface area contributed by atoms with Crippen molar-refractivity contribution in [2.45, 2.75) is 32.9 Å². The minimum absolute atomic E-state index is 0.539. The van der Waals surface area contributed by atoms with E-state index < -0.39 is 0 Å². The number of methoxy groups -OCH3 is 2. The number of benzene rings is 2. The van der Waals surface area contributed by atoms with Crippen LogP contribution in [0.25, 0.3) is 17.2 Å². The normalized spacial score (nSPS) is 13.4. The molecule has 5 aromatic rings. The third-order valence-electron chi connectivity index (χ3n) is 7.31. The lowest BCUT2D eigenvalue weighted by Crippen LogP contribution is -2.30. The Hall–Kier alpha value is -4.37. The molecule has 0 aliphatic carbocycles. The van der Waals surface area contributed by atoms with Crippen LogP contribution < -0.4 is 14.8 Å². The Labute approximate surface area is 227 Å². The fourth-order valence-corrected chi connectivity index (χ4v) is 5.18. The molecule has 1 aliphatic heterocycles. The Morgan fingerprint density at radius 2 is 1.82 bits per heavy atom. The second-order valence-corrected chi connectivity index (χ2v) is 9.79. The summed E-state index contributed by atoms with van der Waals surface area (Å²) >= 11 is 0. The number of hydrogen-bond acceptors (Lipinski definition) is 8. The maximum atomic E-state index is 5.60. The van der Waals surface area contributed by atoms with E-state index in [1.54, 1.807) is 25.0 Å². The second-order valence-electron chi connectivity index (χ2n) is 9.79. The van der Waals surface area contributed by atoms with Crippen molar-refractivity contribution in [1.82, 2.24) is 24.5 Å². The standard InChI is InChI=1S/C30H32N6O3/c1-20-7-4-5-8-21(20)10-12-31-30-32-17-24(29-33-28(34-36(29)30)25-9-6-14-39-25)19-35-13-11-22-15-26(37-2)27(38-3)16-23(22)18-35/h4-9,14-17H,10-13,18-19H2,1-3H3,(H,31,32). The molecule has 9 nitrogen and oxygen atoms in total. The highest BCUT2D eigenvalue weighted by atomic mass is 16.5. The van der Waals surface area contributed by atoms with Crippen LogP contribution in [0.3, 0.4) is 0 Å². The molecule has 0 amide bonds. The summed E-state index contributed by atoms with van der Waals surface area (Å²) in [6, 6.07) is 16.3. The van der Waals surface area contributed by atoms with E-state index >= 15 is 0 Å². The van der Waals surface area contributed by atoms with E-state index in [1.807, 2.05) is 18.3 Å². The Morgan fingerprint density at radius 3 is 2.59 bits per heavy atom. The number of nitrogens with one attached hydrogen (secondary N) is 1. The number of anilines is 1. The van der Waals surface area contributed by atoms with Gasteiger partial charge in [0.15, 0.2) is 22.9 Å². The Bertz CT molecular complexity index is 1590. The lowest BCUT2D eigenvalue weighted by Gasteiger charge is -2.29. The van der Waals surface area contributed by atoms with Gasteiger partial charge in [0.05, 0.1) is 20.5 Å². The summed E-state index contributed by atoms with van der Waals surface area (Å²) in [6.07, 6.45) is 5.37. The maximum Gasteiger partial charge on any atom is 0.225 e. The van der Waals surface area contributed by atoms with Crippen LogP contribution >= 0.6 is 0 Å². The summed E-state index contributed by atoms with van der Waals surface area (Å²) in [4.78, 5) is 12.0. The van der Waals surface area contributed by atoms with Crippen LogP contribution in [0.4, 0.5) is 5.95 Å². The zero-order valence-corrected chi connectivity index (χ0v) is 22.5. The van der Waals surface area contributed by atoms with Crippen LogP contribution in [0.5, 0.6) is 11.5 Å². The number of rotatable bonds is 9. The number of furan rings is 1. The van der Waals surface area contributed by atoms with Crippen molar-refractivity contribution in [3.63, 3.8) is 0 Å². The summed E-state index contributed by atoms with van der Waals surface area (Å²) in [5, 5.41) is 8.24. The summed E-state index contributed by atoms with van der Waals surface area (Å²) in [5.74, 6) is 3.35. The van der Waals surface area contributed by atoms with Gasteiger partial charge in [-0.3, -0.25) is 4.90 Å². The first-order valence-electron chi connectivity index (χ1n) is 13.2. The monoisotopic (exact) mass is 524 g/mol. The van der Waals surface area contributed by atoms with Gasteiger partial charge < -0.3 is 19.2 Å². The summed E-state index contributed by atoms with van der Waals surface area (Å²) in [7, 11) is 3.35. The highest BCUT2D eigenvalue weighted by Gasteiger charge is 2.22. The molecular weight excluding hydrogens is 492 g/mol. The third kappa shape index (κ3) is 5.05. The summed E-state index contributed by atoms with van der Waals surface area (Å²) < 4.78 is 18.4. The maximum absolute atomic E-state index is 5.60. The van der Waals surface area contributed by atoms with Crippen molar-refractivity contribution in [3.8, 4) is 23.1 Å². The van der Waals surface area contributed by atoms with Gasteiger partial charge in [0.1, 0.15) is 0 Å². The van der Waals surface area contributed by atoms with Crippen LogP contribution in [-0.2, 0) is 25.9 Å². The van der Waals surface area contributed by atoms with Crippen molar-refractivity contribution in [2.24, 2.45) is 0 Å². The highest BCUT2D eigenvalue weighted by molar-refractivity contribution is 5.58. The molecule has 0 saturated carbocycles. The van der Waals surface area contributed by atoms with Gasteiger partial charge in [0.25, 0.3) is 0 Å². The molecule has 0 spiro atoms. The van der Waals surface area contributed by atoms with E-state index in [0.717, 1.165) is 55.2 Å². The van der Waals surface area contributed by atoms with Crippen molar-refractivity contribution in [3.05, 3.63) is 88.8 Å². The largest absolute Gasteiger partial charge is 0.493 e. The number of ether oxygens (including phenoxy) is 2. The number of aromatic nitrogens is 4. The van der Waals surface area contributed by atoms with Gasteiger partial charge in [-0.25, -0.2) is 9.97 Å². The highest BCUT2D eigenvalue weighted by Crippen LogP contribution is 2.34. The molecule has 1 aliphatic rings. The fourth-order valence-electron chi connectivity index (χ4n) is 5.18. The molecule has 4 heterocycles. The molecular formula is C30H32N6O3. The van der Waals surface area contributed by atoms with Gasteiger partial charge in [-0.1, -0.05) is 24.3 Å². The van der Waals surface area contributed by atoms with Crippen molar-refractivity contribution >= 4 is 11.6 Å². The first-order chi connectivity index (χ1) is 19.1. The van der Waals surface area contributed by atoms with E-state index in [4.69, 9.17) is 29.0 Å². The van der Waals surface area contributed by atoms with Gasteiger partial charge in [-0.05, 0) is 66.3 Å². The molecule has 2 aromatic carbocycles. The molecule has 1 N–H and O–H groups in total. The molecule has 6 rings (SSSR count). The SMILES string of the molecule is COc1cc2c(cc1OC)CN(Cc1cnc(NCCc3ccccc3C)n3nc(-c4ccco4)nc13)CC2. The van der Waals surface area contributed by atoms with Crippen LogP contribution in [0.1, 0.15) is 27.8 Å². The molecule has 0 saturated heterocycles. The van der Waals surface area contributed by atoms with Gasteiger partial charge in [-0.2, -0.15) is 4.52 Å². The van der Waals surface area contributed by atoms with Crippen LogP contribution in [0.2, 0.25) is 0 Å². The second kappa shape index (κ2) is 10.8. The summed E-state index contributed by atoms with van der Waals surface area (Å²) in [6.45, 7) is 5.29. The van der Waals surface area contributed by atoms with Crippen molar-refractivity contribution in [2.75, 3.05) is 32.6 Å². The average molecular weight is 525 g/mol. The predicted octanol–water partition coefficient (Wildman–Crippen LogP) is 4.92. The van der Waals surface area contributed by atoms with E-state index in [2.05, 4.69) is 53.5 Å². The zero-order chi connectivity index (χ0) is 26.8. The number of hydrogen-bond donors (Lipinski definition) is 1. The molecule has 0 atom stereocenters. The van der Waals surface area contributed by atoms with Gasteiger partial charge in [0.2, 0.25) is 11.8 Å². The van der Waals surface area contributed by atoms with Gasteiger partial charge in [0, 0.05) is 37.9 Å². The van der Waals surface area contributed by atoms with Crippen molar-refractivity contribution < 1.29 is 13.9 Å². The van der Waals surface area contributed by atoms with E-state index in [1.165, 1.54) is 22.3 Å². The van der Waals surface area contributed by atoms with Gasteiger partial charge >= 0.3 is 0 Å². The Balaban J connectivity index is 1.26. The minimum Gasteiger partial charge on any atom is -0.493 e. The first-order valence-corrected chi connectivity index (χ1v) is 13.2. The van der Waals surface area contributed by atoms with E-state index in [9.17, 15) is 0 Å². The Morgan fingerprint density at radius 1 is 1.00 bits per heavy atom. The van der Waals surface area contributed by atoms with Crippen LogP contribution in [-0.4, -0.2) is 51.8 Å². The Kier molecular flexibility index (Phi) is 6.89. The molecule has 0 radical (unpaired) electrons. The topological polar surface area (TPSA) is 90.0 Å². The lowest BCUT2D eigenvalue weighted by atomic mass is 9.98. The smallest absolute Gasteiger partial charge is 0.225 e. The molecule has 3 aromatic heterocycles. The molecule has 39 heavy (non-hydrogen) atoms. The van der Waals surface area contributed by atoms with Crippen LogP contribution in [0.15, 0.2) is 65.4 Å². The number of nitrogens with zero attached hydrogens (tertiary/aromatic N) is 5. The quantitative estimate of drug-likeness (QED) is 0.291. The molecule has 0 fully saturated rings. The summed E-state index contributed by atoms with van der Waals surface area (Å²) in [5.41, 5.74) is 6.92. The predicted molar refractivity (Wildman–Crippen MR) is 149 cm³/mol. The van der Waals surface area contributed by atoms with Gasteiger partial charge in [-0.15, -0.1) is 5.10 Å². The van der Waals surface area contributed by atoms with E-state index in [-0.39, 0.29) is 0 Å². The van der Waals surface area contributed by atoms with E-state index in [0.29, 0.717) is 24.1 Å². The lowest BCUT2D eigenvalue weighted by molar-refractivity contribution is 0.244. The fraction of sp³-hybridized carbons (Fsp3) is 0.300. The van der Waals surface area contributed by atoms with Crippen molar-refractivity contribution in [1.29, 1.82) is 0 Å². The average Bonchev–Trinajstić information content (AvgIpc) is 3.65. The molecule has 9 heteroatoms. The molecule has 200 valence electrons. The third-order valence-corrected chi connectivity index (χ3v) is 7.31.